The summed E-state index contributed by atoms with van der Waals surface area (Å²) < 4.78 is 5.10. The van der Waals surface area contributed by atoms with Gasteiger partial charge in [0.2, 0.25) is 5.89 Å². The molecule has 0 aliphatic heterocycles. The Kier molecular flexibility index (Phi) is 3.13. The minimum atomic E-state index is -0.190. The van der Waals surface area contributed by atoms with E-state index in [9.17, 15) is 0 Å². The second-order valence-corrected chi connectivity index (χ2v) is 3.66. The monoisotopic (exact) mass is 202 g/mol. The van der Waals surface area contributed by atoms with Crippen LogP contribution in [0.2, 0.25) is 0 Å². The molecule has 13 heavy (non-hydrogen) atoms. The third-order valence-corrected chi connectivity index (χ3v) is 2.28. The average Bonchev–Trinajstić information content (AvgIpc) is 2.49. The van der Waals surface area contributed by atoms with Crippen molar-refractivity contribution in [2.75, 3.05) is 0 Å². The van der Waals surface area contributed by atoms with Gasteiger partial charge in [0.05, 0.1) is 5.25 Å². The summed E-state index contributed by atoms with van der Waals surface area (Å²) in [5, 5.41) is 18.9. The van der Waals surface area contributed by atoms with Gasteiger partial charge in [-0.15, -0.1) is 10.2 Å². The highest BCUT2D eigenvalue weighted by molar-refractivity contribution is 8.00. The molecule has 0 saturated carbocycles. The highest BCUT2D eigenvalue weighted by Gasteiger charge is 2.13. The van der Waals surface area contributed by atoms with Crippen LogP contribution >= 0.6 is 11.8 Å². The molecule has 1 unspecified atom stereocenters. The minimum absolute atomic E-state index is 0.126. The fraction of sp³-hybridized carbons (Fsp3) is 0.500. The van der Waals surface area contributed by atoms with Gasteiger partial charge in [0, 0.05) is 6.92 Å². The van der Waals surface area contributed by atoms with Crippen molar-refractivity contribution in [2.24, 2.45) is 10.9 Å². The standard InChI is InChI=1S/C6H10N4O2S/c1-3(5(7)10-11)13-6-9-8-4(2)12-6/h3,11H,1-2H3,(H2,7,10). The van der Waals surface area contributed by atoms with Gasteiger partial charge >= 0.3 is 0 Å². The lowest BCUT2D eigenvalue weighted by Crippen LogP contribution is -2.23. The van der Waals surface area contributed by atoms with E-state index in [1.807, 2.05) is 0 Å². The van der Waals surface area contributed by atoms with Crippen LogP contribution in [0.1, 0.15) is 12.8 Å². The molecule has 0 fully saturated rings. The Bertz CT molecular complexity index is 311. The first-order valence-corrected chi connectivity index (χ1v) is 4.45. The van der Waals surface area contributed by atoms with Gasteiger partial charge in [-0.25, -0.2) is 0 Å². The summed E-state index contributed by atoms with van der Waals surface area (Å²) in [6, 6.07) is 0. The first-order valence-electron chi connectivity index (χ1n) is 3.57. The maximum absolute atomic E-state index is 8.37. The molecular formula is C6H10N4O2S. The van der Waals surface area contributed by atoms with Crippen LogP contribution in [0.3, 0.4) is 0 Å². The first-order chi connectivity index (χ1) is 6.13. The number of hydrogen-bond acceptors (Lipinski definition) is 6. The molecule has 0 aromatic carbocycles. The molecule has 3 N–H and O–H groups in total. The molecule has 0 saturated heterocycles. The molecule has 1 aromatic rings. The number of aromatic nitrogens is 2. The normalized spacial score (nSPS) is 14.5. The first kappa shape index (κ1) is 9.85. The Morgan fingerprint density at radius 3 is 2.85 bits per heavy atom. The lowest BCUT2D eigenvalue weighted by Gasteiger charge is -2.04. The molecule has 0 amide bonds. The van der Waals surface area contributed by atoms with Gasteiger partial charge in [0.25, 0.3) is 5.22 Å². The van der Waals surface area contributed by atoms with Crippen LogP contribution < -0.4 is 5.73 Å². The van der Waals surface area contributed by atoms with E-state index in [0.717, 1.165) is 0 Å². The van der Waals surface area contributed by atoms with E-state index >= 15 is 0 Å². The van der Waals surface area contributed by atoms with E-state index in [1.165, 1.54) is 11.8 Å². The van der Waals surface area contributed by atoms with E-state index < -0.39 is 0 Å². The molecule has 6 nitrogen and oxygen atoms in total. The van der Waals surface area contributed by atoms with Crippen LogP contribution in [-0.4, -0.2) is 26.5 Å². The van der Waals surface area contributed by atoms with Crippen molar-refractivity contribution in [1.29, 1.82) is 0 Å². The van der Waals surface area contributed by atoms with Crippen LogP contribution in [0.5, 0.6) is 0 Å². The molecule has 1 heterocycles. The predicted molar refractivity (Wildman–Crippen MR) is 47.8 cm³/mol. The summed E-state index contributed by atoms with van der Waals surface area (Å²) in [5.74, 6) is 0.620. The van der Waals surface area contributed by atoms with Gasteiger partial charge in [-0.3, -0.25) is 0 Å². The number of hydrogen-bond donors (Lipinski definition) is 2. The van der Waals surface area contributed by atoms with Crippen molar-refractivity contribution in [2.45, 2.75) is 24.3 Å². The maximum Gasteiger partial charge on any atom is 0.277 e. The Morgan fingerprint density at radius 2 is 2.38 bits per heavy atom. The number of nitrogens with zero attached hydrogens (tertiary/aromatic N) is 3. The number of thioether (sulfide) groups is 1. The van der Waals surface area contributed by atoms with Crippen LogP contribution in [0.15, 0.2) is 14.8 Å². The van der Waals surface area contributed by atoms with Gasteiger partial charge in [0.15, 0.2) is 5.84 Å². The van der Waals surface area contributed by atoms with Crippen molar-refractivity contribution in [1.82, 2.24) is 10.2 Å². The number of oxime groups is 1. The van der Waals surface area contributed by atoms with Gasteiger partial charge in [-0.05, 0) is 6.92 Å². The number of rotatable bonds is 3. The fourth-order valence-electron chi connectivity index (χ4n) is 0.619. The van der Waals surface area contributed by atoms with E-state index in [1.54, 1.807) is 13.8 Å². The molecule has 1 rings (SSSR count). The molecule has 0 radical (unpaired) electrons. The second kappa shape index (κ2) is 4.13. The maximum atomic E-state index is 8.37. The summed E-state index contributed by atoms with van der Waals surface area (Å²) in [5.41, 5.74) is 5.36. The zero-order valence-electron chi connectivity index (χ0n) is 7.26. The van der Waals surface area contributed by atoms with E-state index in [2.05, 4.69) is 15.4 Å². The zero-order valence-corrected chi connectivity index (χ0v) is 8.08. The van der Waals surface area contributed by atoms with Crippen molar-refractivity contribution >= 4 is 17.6 Å². The fourth-order valence-corrected chi connectivity index (χ4v) is 1.35. The summed E-state index contributed by atoms with van der Waals surface area (Å²) in [7, 11) is 0. The molecule has 7 heteroatoms. The highest BCUT2D eigenvalue weighted by atomic mass is 32.2. The largest absolute Gasteiger partial charge is 0.416 e. The summed E-state index contributed by atoms with van der Waals surface area (Å²) in [4.78, 5) is 0. The minimum Gasteiger partial charge on any atom is -0.416 e. The van der Waals surface area contributed by atoms with Gasteiger partial charge in [-0.1, -0.05) is 16.9 Å². The lowest BCUT2D eigenvalue weighted by atomic mass is 10.4. The molecule has 0 aliphatic rings. The number of amidine groups is 1. The molecule has 1 aromatic heterocycles. The van der Waals surface area contributed by atoms with Crippen LogP contribution in [0.25, 0.3) is 0 Å². The second-order valence-electron chi connectivity index (χ2n) is 2.37. The van der Waals surface area contributed by atoms with Crippen molar-refractivity contribution in [3.8, 4) is 0 Å². The summed E-state index contributed by atoms with van der Waals surface area (Å²) in [6.45, 7) is 3.48. The number of aryl methyl sites for hydroxylation is 1. The highest BCUT2D eigenvalue weighted by Crippen LogP contribution is 2.21. The van der Waals surface area contributed by atoms with Crippen LogP contribution in [0.4, 0.5) is 0 Å². The van der Waals surface area contributed by atoms with Gasteiger partial charge < -0.3 is 15.4 Å². The van der Waals surface area contributed by atoms with Gasteiger partial charge in [-0.2, -0.15) is 0 Å². The Labute approximate surface area is 79.2 Å². The zero-order chi connectivity index (χ0) is 9.84. The third-order valence-electron chi connectivity index (χ3n) is 1.32. The predicted octanol–water partition coefficient (Wildman–Crippen LogP) is 0.605. The summed E-state index contributed by atoms with van der Waals surface area (Å²) in [6.07, 6.45) is 0. The summed E-state index contributed by atoms with van der Waals surface area (Å²) >= 11 is 1.24. The molecular weight excluding hydrogens is 192 g/mol. The SMILES string of the molecule is Cc1nnc(SC(C)C(N)=NO)o1. The van der Waals surface area contributed by atoms with Crippen molar-refractivity contribution < 1.29 is 9.62 Å². The van der Waals surface area contributed by atoms with E-state index in [0.29, 0.717) is 11.1 Å². The smallest absolute Gasteiger partial charge is 0.277 e. The van der Waals surface area contributed by atoms with Gasteiger partial charge in [0.1, 0.15) is 0 Å². The third kappa shape index (κ3) is 2.62. The topological polar surface area (TPSA) is 97.5 Å². The molecule has 1 atom stereocenters. The van der Waals surface area contributed by atoms with Crippen LogP contribution in [-0.2, 0) is 0 Å². The average molecular weight is 202 g/mol. The van der Waals surface area contributed by atoms with E-state index in [4.69, 9.17) is 15.4 Å². The molecule has 0 aliphatic carbocycles. The number of nitrogens with two attached hydrogens (primary N) is 1. The van der Waals surface area contributed by atoms with Crippen molar-refractivity contribution in [3.05, 3.63) is 5.89 Å². The Balaban J connectivity index is 2.59. The Morgan fingerprint density at radius 1 is 1.69 bits per heavy atom. The van der Waals surface area contributed by atoms with E-state index in [-0.39, 0.29) is 11.1 Å². The van der Waals surface area contributed by atoms with Crippen LogP contribution in [0, 0.1) is 6.92 Å². The lowest BCUT2D eigenvalue weighted by molar-refractivity contribution is 0.317. The Hall–Kier alpha value is -1.24. The quantitative estimate of drug-likeness (QED) is 0.245. The van der Waals surface area contributed by atoms with Crippen molar-refractivity contribution in [3.63, 3.8) is 0 Å². The molecule has 0 spiro atoms. The molecule has 0 bridgehead atoms. The molecule has 72 valence electrons.